The molecule has 0 aliphatic heterocycles. The quantitative estimate of drug-likeness (QED) is 0.686. The molecule has 1 atom stereocenters. The van der Waals surface area contributed by atoms with Gasteiger partial charge in [0.2, 0.25) is 0 Å². The number of carbonyl (C=O) groups is 1. The summed E-state index contributed by atoms with van der Waals surface area (Å²) >= 11 is 0. The Hall–Kier alpha value is -2.69. The summed E-state index contributed by atoms with van der Waals surface area (Å²) in [4.78, 5) is 14.8. The smallest absolute Gasteiger partial charge is 0.261 e. The van der Waals surface area contributed by atoms with E-state index in [-0.39, 0.29) is 5.91 Å². The van der Waals surface area contributed by atoms with Crippen LogP contribution in [0.15, 0.2) is 48.5 Å². The first-order valence-corrected chi connectivity index (χ1v) is 9.53. The number of hydrogen-bond acceptors (Lipinski definition) is 4. The van der Waals surface area contributed by atoms with E-state index < -0.39 is 6.10 Å². The lowest BCUT2D eigenvalue weighted by atomic mass is 10.2. The van der Waals surface area contributed by atoms with Gasteiger partial charge in [0, 0.05) is 31.4 Å². The van der Waals surface area contributed by atoms with Gasteiger partial charge in [-0.25, -0.2) is 0 Å². The van der Waals surface area contributed by atoms with Gasteiger partial charge >= 0.3 is 0 Å². The summed E-state index contributed by atoms with van der Waals surface area (Å²) in [5.74, 6) is 1.21. The van der Waals surface area contributed by atoms with Gasteiger partial charge in [-0.15, -0.1) is 0 Å². The van der Waals surface area contributed by atoms with Crippen LogP contribution in [-0.2, 0) is 11.3 Å². The number of nitrogens with one attached hydrogen (secondary N) is 1. The fraction of sp³-hybridized carbons (Fsp3) is 0.409. The second-order valence-electron chi connectivity index (χ2n) is 6.25. The highest BCUT2D eigenvalue weighted by atomic mass is 16.5. The number of hydrogen-bond donors (Lipinski definition) is 1. The Labute approximate surface area is 162 Å². The third kappa shape index (κ3) is 5.91. The molecule has 1 amide bonds. The van der Waals surface area contributed by atoms with Gasteiger partial charge in [0.25, 0.3) is 5.91 Å². The molecule has 5 heteroatoms. The molecule has 0 bridgehead atoms. The van der Waals surface area contributed by atoms with Gasteiger partial charge < -0.3 is 19.7 Å². The van der Waals surface area contributed by atoms with E-state index in [9.17, 15) is 4.79 Å². The number of rotatable bonds is 10. The van der Waals surface area contributed by atoms with E-state index >= 15 is 0 Å². The fourth-order valence-corrected chi connectivity index (χ4v) is 2.88. The average molecular weight is 370 g/mol. The van der Waals surface area contributed by atoms with Crippen molar-refractivity contribution >= 4 is 11.6 Å². The van der Waals surface area contributed by atoms with Gasteiger partial charge in [0.1, 0.15) is 11.5 Å². The summed E-state index contributed by atoms with van der Waals surface area (Å²) in [7, 11) is 1.61. The van der Waals surface area contributed by atoms with E-state index in [0.29, 0.717) is 24.5 Å². The minimum absolute atomic E-state index is 0.117. The maximum absolute atomic E-state index is 12.5. The molecule has 0 saturated heterocycles. The van der Waals surface area contributed by atoms with Crippen LogP contribution in [0, 0.1) is 0 Å². The Morgan fingerprint density at radius 3 is 2.30 bits per heavy atom. The third-order valence-electron chi connectivity index (χ3n) is 4.51. The summed E-state index contributed by atoms with van der Waals surface area (Å²) in [6.07, 6.45) is 0.0521. The predicted octanol–water partition coefficient (Wildman–Crippen LogP) is 4.02. The Morgan fingerprint density at radius 2 is 1.70 bits per heavy atom. The zero-order valence-electron chi connectivity index (χ0n) is 16.7. The number of carbonyl (C=O) groups excluding carboxylic acids is 1. The Bertz CT molecular complexity index is 712. The predicted molar refractivity (Wildman–Crippen MR) is 110 cm³/mol. The monoisotopic (exact) mass is 370 g/mol. The number of methoxy groups -OCH3 is 1. The van der Waals surface area contributed by atoms with Crippen LogP contribution in [0.3, 0.4) is 0 Å². The number of anilines is 1. The minimum atomic E-state index is -0.535. The number of ether oxygens (including phenoxy) is 2. The Balaban J connectivity index is 1.92. The maximum atomic E-state index is 12.5. The van der Waals surface area contributed by atoms with E-state index in [1.165, 1.54) is 5.69 Å². The lowest BCUT2D eigenvalue weighted by Crippen LogP contribution is -2.37. The van der Waals surface area contributed by atoms with Gasteiger partial charge in [-0.05, 0) is 50.1 Å². The van der Waals surface area contributed by atoms with Crippen LogP contribution in [0.2, 0.25) is 0 Å². The first-order valence-electron chi connectivity index (χ1n) is 9.53. The molecule has 0 saturated carbocycles. The van der Waals surface area contributed by atoms with Crippen molar-refractivity contribution in [3.63, 3.8) is 0 Å². The van der Waals surface area contributed by atoms with Crippen LogP contribution in [0.1, 0.15) is 32.8 Å². The van der Waals surface area contributed by atoms with Crippen molar-refractivity contribution in [1.82, 2.24) is 5.32 Å². The van der Waals surface area contributed by atoms with Crippen molar-refractivity contribution in [3.8, 4) is 11.5 Å². The van der Waals surface area contributed by atoms with Crippen LogP contribution in [-0.4, -0.2) is 32.2 Å². The van der Waals surface area contributed by atoms with E-state index in [0.717, 1.165) is 18.7 Å². The molecule has 146 valence electrons. The van der Waals surface area contributed by atoms with Crippen LogP contribution in [0.5, 0.6) is 11.5 Å². The van der Waals surface area contributed by atoms with Crippen molar-refractivity contribution < 1.29 is 14.3 Å². The molecule has 0 radical (unpaired) electrons. The minimum Gasteiger partial charge on any atom is -0.497 e. The van der Waals surface area contributed by atoms with Crippen molar-refractivity contribution in [1.29, 1.82) is 0 Å². The summed E-state index contributed by atoms with van der Waals surface area (Å²) < 4.78 is 11.0. The summed E-state index contributed by atoms with van der Waals surface area (Å²) in [5.41, 5.74) is 2.26. The highest BCUT2D eigenvalue weighted by molar-refractivity contribution is 5.81. The largest absolute Gasteiger partial charge is 0.497 e. The zero-order valence-corrected chi connectivity index (χ0v) is 16.7. The van der Waals surface area contributed by atoms with Gasteiger partial charge in [-0.1, -0.05) is 25.1 Å². The second-order valence-corrected chi connectivity index (χ2v) is 6.25. The molecule has 0 heterocycles. The molecular weight excluding hydrogens is 340 g/mol. The van der Waals surface area contributed by atoms with E-state index in [2.05, 4.69) is 48.3 Å². The van der Waals surface area contributed by atoms with Gasteiger partial charge in [-0.2, -0.15) is 0 Å². The van der Waals surface area contributed by atoms with Gasteiger partial charge in [0.05, 0.1) is 7.11 Å². The molecule has 0 fully saturated rings. The molecule has 0 aliphatic carbocycles. The molecule has 2 aromatic carbocycles. The molecule has 5 nitrogen and oxygen atoms in total. The zero-order chi connectivity index (χ0) is 19.6. The topological polar surface area (TPSA) is 50.8 Å². The summed E-state index contributed by atoms with van der Waals surface area (Å²) in [6, 6.07) is 15.6. The lowest BCUT2D eigenvalue weighted by Gasteiger charge is -2.21. The van der Waals surface area contributed by atoms with Crippen LogP contribution in [0.25, 0.3) is 0 Å². The molecule has 0 spiro atoms. The molecule has 2 aromatic rings. The number of benzene rings is 2. The molecular formula is C22H30N2O3. The van der Waals surface area contributed by atoms with Gasteiger partial charge in [0.15, 0.2) is 6.10 Å². The SMILES string of the molecule is CC[C@H](Oc1cccc(OC)c1)C(=O)NCc1ccc(N(CC)CC)cc1. The van der Waals surface area contributed by atoms with Crippen LogP contribution in [0.4, 0.5) is 5.69 Å². The average Bonchev–Trinajstić information content (AvgIpc) is 2.72. The van der Waals surface area contributed by atoms with E-state index in [1.54, 1.807) is 13.2 Å². The van der Waals surface area contributed by atoms with Gasteiger partial charge in [-0.3, -0.25) is 4.79 Å². The van der Waals surface area contributed by atoms with Crippen LogP contribution >= 0.6 is 0 Å². The highest BCUT2D eigenvalue weighted by Gasteiger charge is 2.18. The number of nitrogens with zero attached hydrogens (tertiary/aromatic N) is 1. The first-order chi connectivity index (χ1) is 13.1. The standard InChI is InChI=1S/C22H30N2O3/c1-5-21(27-20-10-8-9-19(15-20)26-4)22(25)23-16-17-11-13-18(14-12-17)24(6-2)7-3/h8-15,21H,5-7,16H2,1-4H3,(H,23,25)/t21-/m0/s1. The second kappa shape index (κ2) is 10.5. The molecule has 27 heavy (non-hydrogen) atoms. The van der Waals surface area contributed by atoms with Crippen molar-refractivity contribution in [2.24, 2.45) is 0 Å². The molecule has 1 N–H and O–H groups in total. The maximum Gasteiger partial charge on any atom is 0.261 e. The Kier molecular flexibility index (Phi) is 7.99. The van der Waals surface area contributed by atoms with E-state index in [4.69, 9.17) is 9.47 Å². The Morgan fingerprint density at radius 1 is 1.04 bits per heavy atom. The highest BCUT2D eigenvalue weighted by Crippen LogP contribution is 2.21. The van der Waals surface area contributed by atoms with Crippen molar-refractivity contribution in [2.45, 2.75) is 39.8 Å². The molecule has 0 aromatic heterocycles. The normalized spacial score (nSPS) is 11.6. The van der Waals surface area contributed by atoms with Crippen molar-refractivity contribution in [2.75, 3.05) is 25.1 Å². The lowest BCUT2D eigenvalue weighted by molar-refractivity contribution is -0.128. The first kappa shape index (κ1) is 20.6. The number of amides is 1. The van der Waals surface area contributed by atoms with Crippen molar-refractivity contribution in [3.05, 3.63) is 54.1 Å². The van der Waals surface area contributed by atoms with Crippen LogP contribution < -0.4 is 19.7 Å². The van der Waals surface area contributed by atoms with E-state index in [1.807, 2.05) is 25.1 Å². The fourth-order valence-electron chi connectivity index (χ4n) is 2.88. The molecule has 0 unspecified atom stereocenters. The summed E-state index contributed by atoms with van der Waals surface area (Å²) in [5, 5.41) is 2.97. The molecule has 2 rings (SSSR count). The molecule has 0 aliphatic rings. The third-order valence-corrected chi connectivity index (χ3v) is 4.51. The summed E-state index contributed by atoms with van der Waals surface area (Å²) in [6.45, 7) is 8.66.